The molecule has 2 aromatic carbocycles. The predicted octanol–water partition coefficient (Wildman–Crippen LogP) is 4.03. The smallest absolute Gasteiger partial charge is 0.251 e. The fourth-order valence-corrected chi connectivity index (χ4v) is 4.10. The SMILES string of the molecule is CC(=O)NCCCC[C@H](NC(=O)c1ccccc1)C(=O)Cc1nc(-c2ccccc2)cs1. The topological polar surface area (TPSA) is 88.2 Å². The minimum atomic E-state index is -0.607. The molecule has 0 fully saturated rings. The van der Waals surface area contributed by atoms with E-state index in [9.17, 15) is 14.4 Å². The number of rotatable bonds is 11. The molecule has 3 rings (SSSR count). The first-order valence-electron chi connectivity index (χ1n) is 10.7. The highest BCUT2D eigenvalue weighted by Crippen LogP contribution is 2.22. The molecule has 3 aromatic rings. The summed E-state index contributed by atoms with van der Waals surface area (Å²) >= 11 is 1.45. The summed E-state index contributed by atoms with van der Waals surface area (Å²) in [6, 6.07) is 18.1. The Kier molecular flexibility index (Phi) is 8.69. The number of ketones is 1. The van der Waals surface area contributed by atoms with Crippen molar-refractivity contribution in [1.82, 2.24) is 15.6 Å². The van der Waals surface area contributed by atoms with Gasteiger partial charge in [0.2, 0.25) is 5.91 Å². The molecular weight excluding hydrogens is 422 g/mol. The van der Waals surface area contributed by atoms with Gasteiger partial charge in [0.05, 0.1) is 18.2 Å². The van der Waals surface area contributed by atoms with E-state index in [0.717, 1.165) is 22.7 Å². The molecule has 1 aromatic heterocycles. The first kappa shape index (κ1) is 23.3. The monoisotopic (exact) mass is 449 g/mol. The van der Waals surface area contributed by atoms with Gasteiger partial charge in [0.25, 0.3) is 5.91 Å². The van der Waals surface area contributed by atoms with Crippen molar-refractivity contribution in [2.24, 2.45) is 0 Å². The van der Waals surface area contributed by atoms with Crippen LogP contribution in [0.3, 0.4) is 0 Å². The summed E-state index contributed by atoms with van der Waals surface area (Å²) in [5, 5.41) is 8.32. The van der Waals surface area contributed by atoms with Gasteiger partial charge in [0.15, 0.2) is 5.78 Å². The third-order valence-electron chi connectivity index (χ3n) is 4.97. The maximum Gasteiger partial charge on any atom is 0.251 e. The third kappa shape index (κ3) is 7.13. The minimum Gasteiger partial charge on any atom is -0.356 e. The summed E-state index contributed by atoms with van der Waals surface area (Å²) in [4.78, 5) is 41.4. The van der Waals surface area contributed by atoms with Gasteiger partial charge in [0, 0.05) is 30.0 Å². The van der Waals surface area contributed by atoms with E-state index in [1.54, 1.807) is 24.3 Å². The second-order valence-corrected chi connectivity index (χ2v) is 8.45. The number of benzene rings is 2. The highest BCUT2D eigenvalue weighted by atomic mass is 32.1. The van der Waals surface area contributed by atoms with E-state index in [-0.39, 0.29) is 24.0 Å². The number of amides is 2. The molecule has 0 aliphatic heterocycles. The van der Waals surface area contributed by atoms with Crippen LogP contribution in [0, 0.1) is 0 Å². The standard InChI is InChI=1S/C25H27N3O3S/c1-18(29)26-15-9-8-14-21(28-25(31)20-12-6-3-7-13-20)23(30)16-24-27-22(17-32-24)19-10-4-2-5-11-19/h2-7,10-13,17,21H,8-9,14-16H2,1H3,(H,26,29)(H,28,31)/t21-/m0/s1. The van der Waals surface area contributed by atoms with Crippen molar-refractivity contribution in [2.45, 2.75) is 38.6 Å². The van der Waals surface area contributed by atoms with Crippen LogP contribution < -0.4 is 10.6 Å². The molecule has 0 aliphatic rings. The molecule has 0 saturated heterocycles. The van der Waals surface area contributed by atoms with Crippen LogP contribution in [0.25, 0.3) is 11.3 Å². The summed E-state index contributed by atoms with van der Waals surface area (Å²) < 4.78 is 0. The highest BCUT2D eigenvalue weighted by Gasteiger charge is 2.22. The van der Waals surface area contributed by atoms with E-state index in [1.807, 2.05) is 41.8 Å². The van der Waals surface area contributed by atoms with Crippen LogP contribution in [0.5, 0.6) is 0 Å². The molecule has 32 heavy (non-hydrogen) atoms. The molecule has 0 saturated carbocycles. The van der Waals surface area contributed by atoms with Crippen LogP contribution >= 0.6 is 11.3 Å². The number of hydrogen-bond donors (Lipinski definition) is 2. The van der Waals surface area contributed by atoms with E-state index < -0.39 is 6.04 Å². The molecule has 0 bridgehead atoms. The Hall–Kier alpha value is -3.32. The van der Waals surface area contributed by atoms with Crippen LogP contribution in [0.2, 0.25) is 0 Å². The van der Waals surface area contributed by atoms with Crippen molar-refractivity contribution >= 4 is 28.9 Å². The average molecular weight is 450 g/mol. The molecule has 0 aliphatic carbocycles. The van der Waals surface area contributed by atoms with Crippen LogP contribution in [-0.2, 0) is 16.0 Å². The maximum atomic E-state index is 13.1. The quantitative estimate of drug-likeness (QED) is 0.433. The first-order valence-corrected chi connectivity index (χ1v) is 11.5. The van der Waals surface area contributed by atoms with Crippen LogP contribution in [-0.4, -0.2) is 35.2 Å². The second kappa shape index (κ2) is 11.9. The third-order valence-corrected chi connectivity index (χ3v) is 5.82. The van der Waals surface area contributed by atoms with Gasteiger partial charge in [-0.05, 0) is 31.4 Å². The van der Waals surface area contributed by atoms with Gasteiger partial charge in [-0.2, -0.15) is 0 Å². The molecule has 0 unspecified atom stereocenters. The maximum absolute atomic E-state index is 13.1. The lowest BCUT2D eigenvalue weighted by Crippen LogP contribution is -2.41. The van der Waals surface area contributed by atoms with Crippen molar-refractivity contribution in [1.29, 1.82) is 0 Å². The van der Waals surface area contributed by atoms with E-state index in [1.165, 1.54) is 18.3 Å². The van der Waals surface area contributed by atoms with Crippen molar-refractivity contribution < 1.29 is 14.4 Å². The fraction of sp³-hybridized carbons (Fsp3) is 0.280. The molecule has 0 radical (unpaired) electrons. The van der Waals surface area contributed by atoms with E-state index in [4.69, 9.17) is 0 Å². The normalized spacial score (nSPS) is 11.5. The van der Waals surface area contributed by atoms with Crippen molar-refractivity contribution in [3.63, 3.8) is 0 Å². The van der Waals surface area contributed by atoms with Crippen LogP contribution in [0.4, 0.5) is 0 Å². The van der Waals surface area contributed by atoms with Gasteiger partial charge in [-0.15, -0.1) is 11.3 Å². The number of Topliss-reactive ketones (excluding diaryl/α,β-unsaturated/α-hetero) is 1. The largest absolute Gasteiger partial charge is 0.356 e. The van der Waals surface area contributed by atoms with Gasteiger partial charge in [-0.25, -0.2) is 4.98 Å². The molecular formula is C25H27N3O3S. The molecule has 166 valence electrons. The van der Waals surface area contributed by atoms with Crippen molar-refractivity contribution in [3.05, 3.63) is 76.6 Å². The number of thiazole rings is 1. The Morgan fingerprint density at radius 2 is 1.66 bits per heavy atom. The second-order valence-electron chi connectivity index (χ2n) is 7.51. The Morgan fingerprint density at radius 1 is 0.969 bits per heavy atom. The molecule has 2 N–H and O–H groups in total. The van der Waals surface area contributed by atoms with Gasteiger partial charge in [-0.1, -0.05) is 48.5 Å². The Labute approximate surface area is 192 Å². The zero-order valence-corrected chi connectivity index (χ0v) is 18.9. The van der Waals surface area contributed by atoms with Gasteiger partial charge in [0.1, 0.15) is 5.01 Å². The number of aromatic nitrogens is 1. The van der Waals surface area contributed by atoms with Gasteiger partial charge >= 0.3 is 0 Å². The lowest BCUT2D eigenvalue weighted by atomic mass is 10.0. The summed E-state index contributed by atoms with van der Waals surface area (Å²) in [7, 11) is 0. The van der Waals surface area contributed by atoms with Crippen LogP contribution in [0.15, 0.2) is 66.0 Å². The predicted molar refractivity (Wildman–Crippen MR) is 126 cm³/mol. The summed E-state index contributed by atoms with van der Waals surface area (Å²) in [6.07, 6.45) is 2.12. The molecule has 7 heteroatoms. The lowest BCUT2D eigenvalue weighted by Gasteiger charge is -2.17. The van der Waals surface area contributed by atoms with Crippen molar-refractivity contribution in [2.75, 3.05) is 6.54 Å². The Bertz CT molecular complexity index is 1030. The zero-order chi connectivity index (χ0) is 22.8. The zero-order valence-electron chi connectivity index (χ0n) is 18.0. The lowest BCUT2D eigenvalue weighted by molar-refractivity contribution is -0.121. The Balaban J connectivity index is 1.64. The molecule has 1 heterocycles. The van der Waals surface area contributed by atoms with Gasteiger partial charge < -0.3 is 10.6 Å². The number of hydrogen-bond acceptors (Lipinski definition) is 5. The fourth-order valence-electron chi connectivity index (χ4n) is 3.29. The van der Waals surface area contributed by atoms with E-state index in [0.29, 0.717) is 24.9 Å². The number of nitrogens with one attached hydrogen (secondary N) is 2. The average Bonchev–Trinajstić information content (AvgIpc) is 3.27. The number of nitrogens with zero attached hydrogens (tertiary/aromatic N) is 1. The number of unbranched alkanes of at least 4 members (excludes halogenated alkanes) is 1. The number of carbonyl (C=O) groups excluding carboxylic acids is 3. The first-order chi connectivity index (χ1) is 15.5. The summed E-state index contributed by atoms with van der Waals surface area (Å²) in [5.41, 5.74) is 2.37. The Morgan fingerprint density at radius 3 is 2.34 bits per heavy atom. The minimum absolute atomic E-state index is 0.0669. The molecule has 6 nitrogen and oxygen atoms in total. The molecule has 2 amide bonds. The number of carbonyl (C=O) groups is 3. The van der Waals surface area contributed by atoms with Gasteiger partial charge in [-0.3, -0.25) is 14.4 Å². The summed E-state index contributed by atoms with van der Waals surface area (Å²) in [6.45, 7) is 2.03. The van der Waals surface area contributed by atoms with Crippen molar-refractivity contribution in [3.8, 4) is 11.3 Å². The van der Waals surface area contributed by atoms with E-state index in [2.05, 4.69) is 15.6 Å². The molecule has 0 spiro atoms. The summed E-state index contributed by atoms with van der Waals surface area (Å²) in [5.74, 6) is -0.411. The molecule has 1 atom stereocenters. The van der Waals surface area contributed by atoms with Crippen LogP contribution in [0.1, 0.15) is 41.6 Å². The van der Waals surface area contributed by atoms with E-state index >= 15 is 0 Å². The highest BCUT2D eigenvalue weighted by molar-refractivity contribution is 7.10.